The number of hydrazine groups is 2. The van der Waals surface area contributed by atoms with Crippen LogP contribution < -0.4 is 27.2 Å². The normalized spacial score (nSPS) is 16.2. The van der Waals surface area contributed by atoms with Crippen LogP contribution in [0, 0.1) is 28.1 Å². The van der Waals surface area contributed by atoms with E-state index in [9.17, 15) is 19.7 Å². The van der Waals surface area contributed by atoms with Gasteiger partial charge in [-0.05, 0) is 53.5 Å². The van der Waals surface area contributed by atoms with E-state index in [-0.39, 0.29) is 11.0 Å². The highest BCUT2D eigenvalue weighted by Gasteiger charge is 2.49. The molecule has 224 valence electrons. The average molecular weight is 592 g/mol. The standard InChI is InChI=1S/C33H34FN9O/c1-32(2,3)19-38-29-21(15-36)16-37-28-20(14-35)12-22(13-26(28)29)39-30(27-17-43(41-40-27)33(18-34)9-10-33)24-6-5-7-25-23(24)8-11-42(4)31(25)44/h5-8,11-13,16-17,30,39-41H,9-10,18-19H2,1-4H3,(H,37,38)/t30-/m0/s1. The Hall–Kier alpha value is -5.13. The Balaban J connectivity index is 1.51. The summed E-state index contributed by atoms with van der Waals surface area (Å²) in [7, 11) is 1.71. The number of aromatic nitrogens is 2. The number of alkyl halides is 1. The zero-order chi connectivity index (χ0) is 31.2. The van der Waals surface area contributed by atoms with Gasteiger partial charge >= 0.3 is 0 Å². The van der Waals surface area contributed by atoms with Gasteiger partial charge in [-0.25, -0.2) is 4.39 Å². The number of halogens is 1. The Bertz CT molecular complexity index is 1960. The first-order valence-corrected chi connectivity index (χ1v) is 14.5. The fraction of sp³-hybridized carbons (Fsp3) is 0.333. The number of benzene rings is 2. The van der Waals surface area contributed by atoms with Crippen LogP contribution in [0.3, 0.4) is 0 Å². The minimum absolute atomic E-state index is 0.0647. The van der Waals surface area contributed by atoms with Crippen molar-refractivity contribution in [1.82, 2.24) is 25.5 Å². The van der Waals surface area contributed by atoms with Gasteiger partial charge in [-0.15, -0.1) is 5.53 Å². The van der Waals surface area contributed by atoms with E-state index in [4.69, 9.17) is 0 Å². The first kappa shape index (κ1) is 29.0. The SMILES string of the molecule is Cn1ccc2c([C@H](Nc3cc(C#N)c4ncc(C#N)c(NCC(C)(C)C)c4c3)C3=CN(C4(CF)CC4)NN3)cccc2c1=O. The molecule has 0 amide bonds. The van der Waals surface area contributed by atoms with E-state index < -0.39 is 18.3 Å². The second-order valence-electron chi connectivity index (χ2n) is 12.8. The second kappa shape index (κ2) is 10.9. The van der Waals surface area contributed by atoms with E-state index in [1.807, 2.05) is 30.5 Å². The van der Waals surface area contributed by atoms with Crippen LogP contribution in [-0.2, 0) is 7.05 Å². The van der Waals surface area contributed by atoms with Gasteiger partial charge in [0.1, 0.15) is 18.8 Å². The van der Waals surface area contributed by atoms with Crippen LogP contribution in [0.4, 0.5) is 15.8 Å². The molecule has 0 radical (unpaired) electrons. The maximum atomic E-state index is 14.0. The van der Waals surface area contributed by atoms with Crippen LogP contribution in [-0.4, -0.2) is 33.3 Å². The van der Waals surface area contributed by atoms with Gasteiger partial charge in [-0.3, -0.25) is 14.8 Å². The zero-order valence-corrected chi connectivity index (χ0v) is 25.1. The summed E-state index contributed by atoms with van der Waals surface area (Å²) in [6.45, 7) is 6.41. The topological polar surface area (TPSA) is 134 Å². The van der Waals surface area contributed by atoms with Crippen molar-refractivity contribution in [3.05, 3.63) is 87.7 Å². The largest absolute Gasteiger partial charge is 0.383 e. The molecule has 0 bridgehead atoms. The van der Waals surface area contributed by atoms with Gasteiger partial charge in [0.05, 0.1) is 39.6 Å². The smallest absolute Gasteiger partial charge is 0.258 e. The van der Waals surface area contributed by atoms with Crippen molar-refractivity contribution in [1.29, 1.82) is 10.5 Å². The fourth-order valence-electron chi connectivity index (χ4n) is 5.56. The van der Waals surface area contributed by atoms with E-state index in [1.165, 1.54) is 10.8 Å². The molecule has 4 N–H and O–H groups in total. The lowest BCUT2D eigenvalue weighted by molar-refractivity contribution is 0.146. The van der Waals surface area contributed by atoms with E-state index in [0.29, 0.717) is 51.0 Å². The van der Waals surface area contributed by atoms with Crippen LogP contribution in [0.5, 0.6) is 0 Å². The maximum Gasteiger partial charge on any atom is 0.258 e. The number of hydrogen-bond donors (Lipinski definition) is 4. The molecule has 0 spiro atoms. The molecular formula is C33H34FN9O. The first-order chi connectivity index (χ1) is 21.1. The Morgan fingerprint density at radius 1 is 1.11 bits per heavy atom. The van der Waals surface area contributed by atoms with Crippen LogP contribution in [0.1, 0.15) is 56.3 Å². The number of rotatable bonds is 8. The summed E-state index contributed by atoms with van der Waals surface area (Å²) in [5.41, 5.74) is 9.54. The van der Waals surface area contributed by atoms with Gasteiger partial charge < -0.3 is 20.6 Å². The molecule has 2 aromatic heterocycles. The Kier molecular flexibility index (Phi) is 7.14. The molecular weight excluding hydrogens is 557 g/mol. The molecule has 1 aliphatic carbocycles. The molecule has 1 fully saturated rings. The molecule has 1 aliphatic heterocycles. The third-order valence-electron chi connectivity index (χ3n) is 8.27. The van der Waals surface area contributed by atoms with Crippen molar-refractivity contribution in [2.75, 3.05) is 23.9 Å². The number of anilines is 2. The summed E-state index contributed by atoms with van der Waals surface area (Å²) < 4.78 is 15.5. The summed E-state index contributed by atoms with van der Waals surface area (Å²) in [4.78, 5) is 17.5. The number of hydrogen-bond acceptors (Lipinski definition) is 9. The number of nitriles is 2. The van der Waals surface area contributed by atoms with Crippen molar-refractivity contribution in [3.8, 4) is 12.1 Å². The lowest BCUT2D eigenvalue weighted by atomic mass is 9.96. The predicted molar refractivity (Wildman–Crippen MR) is 169 cm³/mol. The van der Waals surface area contributed by atoms with E-state index >= 15 is 0 Å². The maximum absolute atomic E-state index is 14.0. The van der Waals surface area contributed by atoms with Crippen LogP contribution in [0.2, 0.25) is 0 Å². The van der Waals surface area contributed by atoms with Gasteiger partial charge in [-0.2, -0.15) is 10.5 Å². The lowest BCUT2D eigenvalue weighted by Crippen LogP contribution is -2.46. The predicted octanol–water partition coefficient (Wildman–Crippen LogP) is 5.11. The van der Waals surface area contributed by atoms with Crippen molar-refractivity contribution in [2.24, 2.45) is 12.5 Å². The summed E-state index contributed by atoms with van der Waals surface area (Å²) in [5, 5.41) is 30.8. The van der Waals surface area contributed by atoms with Gasteiger partial charge in [0, 0.05) is 48.6 Å². The Morgan fingerprint density at radius 3 is 2.57 bits per heavy atom. The monoisotopic (exact) mass is 591 g/mol. The minimum atomic E-state index is -0.585. The minimum Gasteiger partial charge on any atom is -0.383 e. The number of aryl methyl sites for hydroxylation is 1. The number of nitrogens with one attached hydrogen (secondary N) is 4. The Labute approximate surface area is 254 Å². The summed E-state index contributed by atoms with van der Waals surface area (Å²) in [5.74, 6) is 0. The highest BCUT2D eigenvalue weighted by molar-refractivity contribution is 5.99. The second-order valence-corrected chi connectivity index (χ2v) is 12.8. The Morgan fingerprint density at radius 2 is 1.89 bits per heavy atom. The number of pyridine rings is 2. The van der Waals surface area contributed by atoms with Crippen molar-refractivity contribution >= 4 is 33.1 Å². The fourth-order valence-corrected chi connectivity index (χ4v) is 5.56. The molecule has 11 heteroatoms. The van der Waals surface area contributed by atoms with Crippen molar-refractivity contribution in [2.45, 2.75) is 45.2 Å². The van der Waals surface area contributed by atoms with Crippen LogP contribution >= 0.6 is 0 Å². The molecule has 6 rings (SSSR count). The number of nitrogens with zero attached hydrogens (tertiary/aromatic N) is 5. The summed E-state index contributed by atoms with van der Waals surface area (Å²) in [6, 6.07) is 15.1. The van der Waals surface area contributed by atoms with Gasteiger partial charge in [-0.1, -0.05) is 32.9 Å². The molecule has 0 unspecified atom stereocenters. The molecule has 0 saturated heterocycles. The van der Waals surface area contributed by atoms with E-state index in [0.717, 1.165) is 23.8 Å². The number of fused-ring (bicyclic) bond motifs is 2. The molecule has 10 nitrogen and oxygen atoms in total. The zero-order valence-electron chi connectivity index (χ0n) is 25.1. The van der Waals surface area contributed by atoms with Gasteiger partial charge in [0.2, 0.25) is 0 Å². The van der Waals surface area contributed by atoms with Crippen molar-refractivity contribution < 1.29 is 4.39 Å². The molecule has 1 atom stereocenters. The quantitative estimate of drug-likeness (QED) is 0.221. The third-order valence-corrected chi connectivity index (χ3v) is 8.27. The van der Waals surface area contributed by atoms with E-state index in [1.54, 1.807) is 30.4 Å². The van der Waals surface area contributed by atoms with Gasteiger partial charge in [0.25, 0.3) is 5.56 Å². The molecule has 4 aromatic rings. The molecule has 44 heavy (non-hydrogen) atoms. The van der Waals surface area contributed by atoms with Crippen molar-refractivity contribution in [3.63, 3.8) is 0 Å². The first-order valence-electron chi connectivity index (χ1n) is 14.5. The average Bonchev–Trinajstić information content (AvgIpc) is 3.66. The molecule has 2 aliphatic rings. The summed E-state index contributed by atoms with van der Waals surface area (Å²) in [6.07, 6.45) is 6.56. The lowest BCUT2D eigenvalue weighted by Gasteiger charge is -2.24. The van der Waals surface area contributed by atoms with Gasteiger partial charge in [0.15, 0.2) is 0 Å². The van der Waals surface area contributed by atoms with Crippen LogP contribution in [0.15, 0.2) is 65.5 Å². The molecule has 2 aromatic carbocycles. The van der Waals surface area contributed by atoms with E-state index in [2.05, 4.69) is 59.5 Å². The highest BCUT2D eigenvalue weighted by atomic mass is 19.1. The molecule has 3 heterocycles. The summed E-state index contributed by atoms with van der Waals surface area (Å²) >= 11 is 0. The molecule has 1 saturated carbocycles. The third kappa shape index (κ3) is 5.16. The van der Waals surface area contributed by atoms with Crippen LogP contribution in [0.25, 0.3) is 21.7 Å². The highest BCUT2D eigenvalue weighted by Crippen LogP contribution is 2.43.